The summed E-state index contributed by atoms with van der Waals surface area (Å²) in [6, 6.07) is 4.03. The van der Waals surface area contributed by atoms with Gasteiger partial charge in [-0.3, -0.25) is 19.6 Å². The predicted octanol–water partition coefficient (Wildman–Crippen LogP) is 0.949. The molecule has 2 N–H and O–H groups in total. The van der Waals surface area contributed by atoms with Gasteiger partial charge in [-0.2, -0.15) is 5.10 Å². The van der Waals surface area contributed by atoms with Crippen LogP contribution in [-0.2, 0) is 22.6 Å². The van der Waals surface area contributed by atoms with Gasteiger partial charge in [-0.25, -0.2) is 4.39 Å². The fourth-order valence-electron chi connectivity index (χ4n) is 3.33. The molecule has 9 heteroatoms. The molecule has 1 aliphatic heterocycles. The number of halogens is 1. The number of benzene rings is 1. The van der Waals surface area contributed by atoms with Gasteiger partial charge in [-0.1, -0.05) is 6.07 Å². The average molecular weight is 403 g/mol. The first kappa shape index (κ1) is 20.8. The number of amides is 2. The Morgan fingerprint density at radius 2 is 2.28 bits per heavy atom. The highest BCUT2D eigenvalue weighted by molar-refractivity contribution is 5.88. The lowest BCUT2D eigenvalue weighted by Gasteiger charge is -2.35. The molecule has 0 bridgehead atoms. The summed E-state index contributed by atoms with van der Waals surface area (Å²) < 4.78 is 19.4. The number of aromatic nitrogens is 2. The maximum Gasteiger partial charge on any atom is 0.237 e. The third kappa shape index (κ3) is 5.32. The maximum atomic E-state index is 14.4. The zero-order valence-electron chi connectivity index (χ0n) is 16.7. The minimum Gasteiger partial charge on any atom is -0.497 e. The highest BCUT2D eigenvalue weighted by atomic mass is 19.1. The quantitative estimate of drug-likeness (QED) is 0.685. The number of nitrogens with one attached hydrogen (secondary N) is 2. The van der Waals surface area contributed by atoms with Gasteiger partial charge in [-0.05, 0) is 18.1 Å². The number of carbonyl (C=O) groups excluding carboxylic acids is 2. The smallest absolute Gasteiger partial charge is 0.237 e. The number of methoxy groups -OCH3 is 1. The number of ether oxygens (including phenoxy) is 1. The molecule has 3 rings (SSSR count). The molecule has 8 nitrogen and oxygen atoms in total. The number of carbonyl (C=O) groups is 2. The Balaban J connectivity index is 1.63. The molecular formula is C20H26FN5O3. The molecule has 2 heterocycles. The van der Waals surface area contributed by atoms with E-state index >= 15 is 0 Å². The van der Waals surface area contributed by atoms with Crippen molar-refractivity contribution < 1.29 is 18.7 Å². The van der Waals surface area contributed by atoms with E-state index in [2.05, 4.69) is 15.5 Å². The van der Waals surface area contributed by atoms with Gasteiger partial charge in [0, 0.05) is 51.1 Å². The molecular weight excluding hydrogens is 377 g/mol. The SMILES string of the molecule is COc1ccc(CN2CCNC(=O)C2CC(=O)N(C)CCc2cn[nH]c2)c(F)c1. The number of likely N-dealkylation sites (N-methyl/N-ethyl adjacent to an activating group) is 1. The number of hydrogen-bond acceptors (Lipinski definition) is 5. The zero-order chi connectivity index (χ0) is 20.8. The lowest BCUT2D eigenvalue weighted by molar-refractivity contribution is -0.138. The van der Waals surface area contributed by atoms with E-state index < -0.39 is 11.9 Å². The van der Waals surface area contributed by atoms with Crippen LogP contribution in [-0.4, -0.2) is 71.6 Å². The van der Waals surface area contributed by atoms with Crippen LogP contribution in [0.3, 0.4) is 0 Å². The predicted molar refractivity (Wildman–Crippen MR) is 105 cm³/mol. The Morgan fingerprint density at radius 3 is 2.97 bits per heavy atom. The van der Waals surface area contributed by atoms with Crippen LogP contribution in [0.2, 0.25) is 0 Å². The van der Waals surface area contributed by atoms with E-state index in [-0.39, 0.29) is 24.8 Å². The molecule has 0 saturated carbocycles. The first-order valence-corrected chi connectivity index (χ1v) is 9.53. The van der Waals surface area contributed by atoms with Crippen LogP contribution in [0.5, 0.6) is 5.75 Å². The molecule has 2 amide bonds. The molecule has 1 unspecified atom stereocenters. The van der Waals surface area contributed by atoms with E-state index in [1.807, 2.05) is 4.90 Å². The monoisotopic (exact) mass is 403 g/mol. The van der Waals surface area contributed by atoms with Gasteiger partial charge in [0.2, 0.25) is 11.8 Å². The van der Waals surface area contributed by atoms with Crippen LogP contribution in [0.1, 0.15) is 17.5 Å². The molecule has 1 atom stereocenters. The van der Waals surface area contributed by atoms with Crippen molar-refractivity contribution >= 4 is 11.8 Å². The summed E-state index contributed by atoms with van der Waals surface area (Å²) in [5, 5.41) is 9.43. The molecule has 0 radical (unpaired) electrons. The Kier molecular flexibility index (Phi) is 6.82. The summed E-state index contributed by atoms with van der Waals surface area (Å²) in [6.45, 7) is 1.80. The van der Waals surface area contributed by atoms with Crippen LogP contribution in [0.4, 0.5) is 4.39 Å². The van der Waals surface area contributed by atoms with Gasteiger partial charge in [0.25, 0.3) is 0 Å². The summed E-state index contributed by atoms with van der Waals surface area (Å²) in [5.41, 5.74) is 1.47. The van der Waals surface area contributed by atoms with E-state index in [1.54, 1.807) is 36.5 Å². The van der Waals surface area contributed by atoms with E-state index in [0.717, 1.165) is 5.56 Å². The van der Waals surface area contributed by atoms with Crippen molar-refractivity contribution in [3.63, 3.8) is 0 Å². The first-order chi connectivity index (χ1) is 14.0. The van der Waals surface area contributed by atoms with Gasteiger partial charge in [0.1, 0.15) is 11.6 Å². The molecule has 1 aromatic heterocycles. The van der Waals surface area contributed by atoms with Crippen LogP contribution >= 0.6 is 0 Å². The van der Waals surface area contributed by atoms with Crippen molar-refractivity contribution in [3.05, 3.63) is 47.5 Å². The number of piperazine rings is 1. The number of hydrogen-bond donors (Lipinski definition) is 2. The fraction of sp³-hybridized carbons (Fsp3) is 0.450. The summed E-state index contributed by atoms with van der Waals surface area (Å²) in [6.07, 6.45) is 4.23. The number of H-pyrrole nitrogens is 1. The topological polar surface area (TPSA) is 90.6 Å². The van der Waals surface area contributed by atoms with Crippen molar-refractivity contribution in [1.29, 1.82) is 0 Å². The molecule has 1 saturated heterocycles. The normalized spacial score (nSPS) is 17.1. The van der Waals surface area contributed by atoms with E-state index in [9.17, 15) is 14.0 Å². The Bertz CT molecular complexity index is 843. The van der Waals surface area contributed by atoms with Crippen LogP contribution < -0.4 is 10.1 Å². The third-order valence-electron chi connectivity index (χ3n) is 5.16. The van der Waals surface area contributed by atoms with Crippen LogP contribution in [0.25, 0.3) is 0 Å². The molecule has 2 aromatic rings. The van der Waals surface area contributed by atoms with Crippen LogP contribution in [0.15, 0.2) is 30.6 Å². The third-order valence-corrected chi connectivity index (χ3v) is 5.16. The molecule has 0 aliphatic carbocycles. The molecule has 1 aromatic carbocycles. The molecule has 1 fully saturated rings. The standard InChI is InChI=1S/C20H26FN5O3/c1-25(7-5-14-11-23-24-12-14)19(27)10-18-20(28)22-6-8-26(18)13-15-3-4-16(29-2)9-17(15)21/h3-4,9,11-12,18H,5-8,10,13H2,1-2H3,(H,22,28)(H,23,24). The van der Waals surface area contributed by atoms with Crippen molar-refractivity contribution in [2.45, 2.75) is 25.4 Å². The fourth-order valence-corrected chi connectivity index (χ4v) is 3.33. The average Bonchev–Trinajstić information content (AvgIpc) is 3.23. The summed E-state index contributed by atoms with van der Waals surface area (Å²) >= 11 is 0. The van der Waals surface area contributed by atoms with Crippen molar-refractivity contribution in [2.24, 2.45) is 0 Å². The maximum absolute atomic E-state index is 14.4. The molecule has 1 aliphatic rings. The molecule has 0 spiro atoms. The Hall–Kier alpha value is -2.94. The Morgan fingerprint density at radius 1 is 1.45 bits per heavy atom. The minimum atomic E-state index is -0.630. The number of nitrogens with zero attached hydrogens (tertiary/aromatic N) is 3. The van der Waals surface area contributed by atoms with Gasteiger partial charge in [0.05, 0.1) is 25.8 Å². The van der Waals surface area contributed by atoms with Crippen molar-refractivity contribution in [3.8, 4) is 5.75 Å². The summed E-state index contributed by atoms with van der Waals surface area (Å²) in [5.74, 6) is -0.288. The van der Waals surface area contributed by atoms with Gasteiger partial charge >= 0.3 is 0 Å². The van der Waals surface area contributed by atoms with Crippen molar-refractivity contribution in [2.75, 3.05) is 33.8 Å². The highest BCUT2D eigenvalue weighted by Gasteiger charge is 2.32. The summed E-state index contributed by atoms with van der Waals surface area (Å²) in [4.78, 5) is 28.6. The van der Waals surface area contributed by atoms with Gasteiger partial charge < -0.3 is 15.0 Å². The minimum absolute atomic E-state index is 0.0471. The second kappa shape index (κ2) is 9.51. The molecule has 29 heavy (non-hydrogen) atoms. The highest BCUT2D eigenvalue weighted by Crippen LogP contribution is 2.20. The Labute approximate surface area is 169 Å². The second-order valence-electron chi connectivity index (χ2n) is 7.11. The first-order valence-electron chi connectivity index (χ1n) is 9.53. The van der Waals surface area contributed by atoms with Gasteiger partial charge in [0.15, 0.2) is 0 Å². The van der Waals surface area contributed by atoms with E-state index in [4.69, 9.17) is 4.74 Å². The van der Waals surface area contributed by atoms with E-state index in [0.29, 0.717) is 37.4 Å². The van der Waals surface area contributed by atoms with Crippen LogP contribution in [0, 0.1) is 5.82 Å². The van der Waals surface area contributed by atoms with Crippen molar-refractivity contribution in [1.82, 2.24) is 25.3 Å². The number of aromatic amines is 1. The second-order valence-corrected chi connectivity index (χ2v) is 7.11. The lowest BCUT2D eigenvalue weighted by atomic mass is 10.1. The zero-order valence-corrected chi connectivity index (χ0v) is 16.7. The lowest BCUT2D eigenvalue weighted by Crippen LogP contribution is -2.56. The number of rotatable bonds is 8. The van der Waals surface area contributed by atoms with Gasteiger partial charge in [-0.15, -0.1) is 0 Å². The summed E-state index contributed by atoms with van der Waals surface area (Å²) in [7, 11) is 3.20. The molecule has 156 valence electrons. The largest absolute Gasteiger partial charge is 0.497 e. The van der Waals surface area contributed by atoms with E-state index in [1.165, 1.54) is 13.2 Å².